The molecule has 0 amide bonds. The van der Waals surface area contributed by atoms with Gasteiger partial charge < -0.3 is 9.47 Å². The molecule has 0 N–H and O–H groups in total. The maximum absolute atomic E-state index is 5.52. The second-order valence-electron chi connectivity index (χ2n) is 2.02. The van der Waals surface area contributed by atoms with Crippen LogP contribution in [0.25, 0.3) is 0 Å². The maximum Gasteiger partial charge on any atom is 0.0589 e. The molecule has 10 heavy (non-hydrogen) atoms. The Morgan fingerprint density at radius 3 is 1.80 bits per heavy atom. The third-order valence-electron chi connectivity index (χ3n) is 1.17. The minimum Gasteiger partial charge on any atom is -0.383 e. The van der Waals surface area contributed by atoms with E-state index >= 15 is 0 Å². The molecule has 2 radical (unpaired) electrons. The molecule has 0 saturated carbocycles. The summed E-state index contributed by atoms with van der Waals surface area (Å²) in [6.45, 7) is 2.83. The zero-order valence-corrected chi connectivity index (χ0v) is 6.67. The quantitative estimate of drug-likeness (QED) is 0.500. The molecule has 0 rings (SSSR count). The Morgan fingerprint density at radius 1 is 1.10 bits per heavy atom. The Balaban J connectivity index is 3.00. The lowest BCUT2D eigenvalue weighted by molar-refractivity contribution is 0.136. The zero-order chi connectivity index (χ0) is 7.82. The van der Waals surface area contributed by atoms with E-state index in [0.717, 1.165) is 13.1 Å². The van der Waals surface area contributed by atoms with E-state index in [4.69, 9.17) is 16.5 Å². The number of hydrogen-bond donors (Lipinski definition) is 0. The lowest BCUT2D eigenvalue weighted by Gasteiger charge is -2.13. The predicted molar refractivity (Wildman–Crippen MR) is 39.6 cm³/mol. The van der Waals surface area contributed by atoms with Gasteiger partial charge in [0.1, 0.15) is 0 Å². The van der Waals surface area contributed by atoms with E-state index < -0.39 is 0 Å². The van der Waals surface area contributed by atoms with Crippen LogP contribution in [0.5, 0.6) is 0 Å². The Morgan fingerprint density at radius 2 is 1.50 bits per heavy atom. The highest BCUT2D eigenvalue weighted by Crippen LogP contribution is 1.83. The van der Waals surface area contributed by atoms with Gasteiger partial charge in [-0.3, -0.25) is 4.90 Å². The number of nitrogens with zero attached hydrogens (tertiary/aromatic N) is 1. The van der Waals surface area contributed by atoms with Crippen LogP contribution in [-0.4, -0.2) is 45.4 Å². The monoisotopic (exact) mass is 145 g/mol. The van der Waals surface area contributed by atoms with E-state index in [1.165, 1.54) is 0 Å². The largest absolute Gasteiger partial charge is 0.383 e. The summed E-state index contributed by atoms with van der Waals surface area (Å²) in [6, 6.07) is 0. The Bertz CT molecular complexity index is 60.6. The lowest BCUT2D eigenvalue weighted by Crippen LogP contribution is -2.24. The molecule has 0 aliphatic heterocycles. The number of ether oxygens (including phenoxy) is 2. The Labute approximate surface area is 62.9 Å². The van der Waals surface area contributed by atoms with Gasteiger partial charge in [-0.25, -0.2) is 0 Å². The summed E-state index contributed by atoms with van der Waals surface area (Å²) in [4.78, 5) is 1.67. The number of methoxy groups -OCH3 is 2. The highest BCUT2D eigenvalue weighted by Gasteiger charge is 1.95. The van der Waals surface area contributed by atoms with Gasteiger partial charge in [-0.2, -0.15) is 0 Å². The molecule has 0 unspecified atom stereocenters. The predicted octanol–water partition coefficient (Wildman–Crippen LogP) is 0.250. The third-order valence-corrected chi connectivity index (χ3v) is 1.17. The van der Waals surface area contributed by atoms with Crippen molar-refractivity contribution in [3.63, 3.8) is 0 Å². The van der Waals surface area contributed by atoms with Crippen LogP contribution in [-0.2, 0) is 9.47 Å². The van der Waals surface area contributed by atoms with Gasteiger partial charge >= 0.3 is 0 Å². The van der Waals surface area contributed by atoms with Gasteiger partial charge in [0.25, 0.3) is 0 Å². The molecule has 0 spiro atoms. The summed E-state index contributed by atoms with van der Waals surface area (Å²) in [5.41, 5.74) is 0. The van der Waals surface area contributed by atoms with E-state index in [2.05, 4.69) is 0 Å². The fraction of sp³-hybridized carbons (Fsp3) is 0.857. The molecule has 3 nitrogen and oxygen atoms in total. The van der Waals surface area contributed by atoms with Gasteiger partial charge in [-0.15, -0.1) is 0 Å². The van der Waals surface area contributed by atoms with Gasteiger partial charge in [0.05, 0.1) is 13.2 Å². The zero-order valence-electron chi connectivity index (χ0n) is 6.67. The van der Waals surface area contributed by atoms with E-state index in [1.807, 2.05) is 0 Å². The lowest BCUT2D eigenvalue weighted by atomic mass is 10.5. The van der Waals surface area contributed by atoms with Crippen LogP contribution in [0, 0.1) is 7.05 Å². The maximum atomic E-state index is 5.52. The summed E-state index contributed by atoms with van der Waals surface area (Å²) in [7, 11) is 8.83. The third kappa shape index (κ3) is 6.01. The average molecular weight is 145 g/mol. The SMILES string of the molecule is [CH]N(CCOC)CCOC. The summed E-state index contributed by atoms with van der Waals surface area (Å²) >= 11 is 0. The highest BCUT2D eigenvalue weighted by atomic mass is 16.5. The van der Waals surface area contributed by atoms with Crippen LogP contribution in [0.2, 0.25) is 0 Å². The number of hydrogen-bond acceptors (Lipinski definition) is 3. The molecule has 0 fully saturated rings. The molecule has 0 heterocycles. The van der Waals surface area contributed by atoms with Gasteiger partial charge in [0.15, 0.2) is 0 Å². The van der Waals surface area contributed by atoms with E-state index in [1.54, 1.807) is 19.1 Å². The molecule has 0 bridgehead atoms. The van der Waals surface area contributed by atoms with Gasteiger partial charge in [-0.1, -0.05) is 0 Å². The molecule has 0 atom stereocenters. The normalized spacial score (nSPS) is 10.8. The molecule has 0 aliphatic rings. The van der Waals surface area contributed by atoms with Crippen LogP contribution < -0.4 is 0 Å². The van der Waals surface area contributed by atoms with Crippen LogP contribution in [0.3, 0.4) is 0 Å². The first-order valence-corrected chi connectivity index (χ1v) is 3.28. The van der Waals surface area contributed by atoms with Crippen molar-refractivity contribution in [1.82, 2.24) is 4.90 Å². The van der Waals surface area contributed by atoms with Gasteiger partial charge in [0.2, 0.25) is 0 Å². The van der Waals surface area contributed by atoms with Crippen molar-refractivity contribution >= 4 is 0 Å². The van der Waals surface area contributed by atoms with Gasteiger partial charge in [-0.05, 0) is 0 Å². The minimum absolute atomic E-state index is 0.667. The van der Waals surface area contributed by atoms with Crippen molar-refractivity contribution in [2.75, 3.05) is 40.5 Å². The summed E-state index contributed by atoms with van der Waals surface area (Å²) < 4.78 is 9.66. The highest BCUT2D eigenvalue weighted by molar-refractivity contribution is 4.52. The molecule has 0 aliphatic carbocycles. The van der Waals surface area contributed by atoms with Crippen LogP contribution >= 0.6 is 0 Å². The summed E-state index contributed by atoms with van der Waals surface area (Å²) in [6.07, 6.45) is 0. The van der Waals surface area contributed by atoms with Crippen molar-refractivity contribution in [2.45, 2.75) is 0 Å². The topological polar surface area (TPSA) is 21.7 Å². The number of rotatable bonds is 6. The molecular weight excluding hydrogens is 130 g/mol. The van der Waals surface area contributed by atoms with Crippen LogP contribution in [0.4, 0.5) is 0 Å². The smallest absolute Gasteiger partial charge is 0.0589 e. The Hall–Kier alpha value is -0.120. The first-order chi connectivity index (χ1) is 4.81. The van der Waals surface area contributed by atoms with E-state index in [0.29, 0.717) is 13.2 Å². The molecule has 0 aromatic heterocycles. The van der Waals surface area contributed by atoms with Crippen LogP contribution in [0.15, 0.2) is 0 Å². The molecule has 3 heteroatoms. The minimum atomic E-state index is 0.667. The van der Waals surface area contributed by atoms with E-state index in [9.17, 15) is 0 Å². The summed E-state index contributed by atoms with van der Waals surface area (Å²) in [5, 5.41) is 0. The standard InChI is InChI=1S/C7H15NO2/c1-8(4-6-9-2)5-7-10-3/h1H,4-7H2,2-3H3. The first kappa shape index (κ1) is 9.88. The van der Waals surface area contributed by atoms with Crippen LogP contribution in [0.1, 0.15) is 0 Å². The Kier molecular flexibility index (Phi) is 6.91. The molecule has 60 valence electrons. The second-order valence-corrected chi connectivity index (χ2v) is 2.02. The first-order valence-electron chi connectivity index (χ1n) is 3.28. The molecule has 0 aromatic carbocycles. The van der Waals surface area contributed by atoms with Crippen molar-refractivity contribution in [2.24, 2.45) is 0 Å². The summed E-state index contributed by atoms with van der Waals surface area (Å²) in [5.74, 6) is 0. The van der Waals surface area contributed by atoms with Crippen molar-refractivity contribution < 1.29 is 9.47 Å². The fourth-order valence-electron chi connectivity index (χ4n) is 0.529. The van der Waals surface area contributed by atoms with Crippen molar-refractivity contribution in [3.05, 3.63) is 7.05 Å². The second kappa shape index (κ2) is 6.99. The fourth-order valence-corrected chi connectivity index (χ4v) is 0.529. The average Bonchev–Trinajstić information content (AvgIpc) is 1.97. The van der Waals surface area contributed by atoms with Gasteiger partial charge in [0, 0.05) is 34.4 Å². The molecular formula is C7H15NO2. The van der Waals surface area contributed by atoms with E-state index in [-0.39, 0.29) is 0 Å². The molecule has 0 aromatic rings. The van der Waals surface area contributed by atoms with Crippen molar-refractivity contribution in [3.8, 4) is 0 Å². The molecule has 0 saturated heterocycles. The van der Waals surface area contributed by atoms with Crippen molar-refractivity contribution in [1.29, 1.82) is 0 Å².